The average molecular weight is 400 g/mol. The summed E-state index contributed by atoms with van der Waals surface area (Å²) >= 11 is 0. The number of carboxylic acids is 1. The zero-order chi connectivity index (χ0) is 20.1. The lowest BCUT2D eigenvalue weighted by molar-refractivity contribution is 0.0696. The van der Waals surface area contributed by atoms with Gasteiger partial charge in [-0.3, -0.25) is 9.52 Å². The van der Waals surface area contributed by atoms with E-state index in [1.165, 1.54) is 42.7 Å². The monoisotopic (exact) mass is 400 g/mol. The molecule has 0 bridgehead atoms. The lowest BCUT2D eigenvalue weighted by atomic mass is 10.1. The Morgan fingerprint density at radius 1 is 0.964 bits per heavy atom. The number of hydrogen-bond acceptors (Lipinski definition) is 5. The highest BCUT2D eigenvalue weighted by molar-refractivity contribution is 7.92. The molecular weight excluding hydrogens is 384 g/mol. The van der Waals surface area contributed by atoms with Gasteiger partial charge in [-0.2, -0.15) is 0 Å². The second-order valence-electron chi connectivity index (χ2n) is 5.74. The maximum atomic E-state index is 12.6. The van der Waals surface area contributed by atoms with Crippen LogP contribution < -0.4 is 10.0 Å². The molecule has 0 fully saturated rings. The molecule has 3 N–H and O–H groups in total. The number of rotatable bonds is 7. The van der Waals surface area contributed by atoms with Crippen LogP contribution in [0.5, 0.6) is 0 Å². The van der Waals surface area contributed by atoms with Crippen LogP contribution in [0.3, 0.4) is 0 Å². The molecule has 0 aliphatic rings. The van der Waals surface area contributed by atoms with E-state index in [0.29, 0.717) is 5.76 Å². The van der Waals surface area contributed by atoms with Gasteiger partial charge in [0, 0.05) is 0 Å². The zero-order valence-corrected chi connectivity index (χ0v) is 15.3. The Morgan fingerprint density at radius 2 is 1.68 bits per heavy atom. The SMILES string of the molecule is O=C(O)c1ccc(S(=O)(=O)Nc2ccccc2C(=O)NCc2ccco2)cc1. The van der Waals surface area contributed by atoms with Crippen LogP contribution in [-0.2, 0) is 16.6 Å². The van der Waals surface area contributed by atoms with Gasteiger partial charge in [0.2, 0.25) is 0 Å². The predicted molar refractivity (Wildman–Crippen MR) is 101 cm³/mol. The average Bonchev–Trinajstić information content (AvgIpc) is 3.20. The van der Waals surface area contributed by atoms with E-state index in [4.69, 9.17) is 9.52 Å². The van der Waals surface area contributed by atoms with Crippen molar-refractivity contribution in [2.45, 2.75) is 11.4 Å². The summed E-state index contributed by atoms with van der Waals surface area (Å²) in [5.74, 6) is -1.07. The van der Waals surface area contributed by atoms with Gasteiger partial charge in [0.25, 0.3) is 15.9 Å². The maximum absolute atomic E-state index is 12.6. The van der Waals surface area contributed by atoms with E-state index in [9.17, 15) is 18.0 Å². The third-order valence-electron chi connectivity index (χ3n) is 3.83. The molecule has 1 heterocycles. The van der Waals surface area contributed by atoms with Crippen molar-refractivity contribution in [3.63, 3.8) is 0 Å². The van der Waals surface area contributed by atoms with Gasteiger partial charge in [-0.15, -0.1) is 0 Å². The number of nitrogens with one attached hydrogen (secondary N) is 2. The van der Waals surface area contributed by atoms with Crippen molar-refractivity contribution >= 4 is 27.6 Å². The maximum Gasteiger partial charge on any atom is 0.335 e. The van der Waals surface area contributed by atoms with Crippen molar-refractivity contribution < 1.29 is 27.5 Å². The predicted octanol–water partition coefficient (Wildman–Crippen LogP) is 2.71. The summed E-state index contributed by atoms with van der Waals surface area (Å²) in [4.78, 5) is 23.2. The van der Waals surface area contributed by atoms with Crippen molar-refractivity contribution in [2.24, 2.45) is 0 Å². The van der Waals surface area contributed by atoms with Gasteiger partial charge in [0.15, 0.2) is 0 Å². The molecule has 3 rings (SSSR count). The molecule has 0 unspecified atom stereocenters. The fraction of sp³-hybridized carbons (Fsp3) is 0.0526. The van der Waals surface area contributed by atoms with Crippen LogP contribution in [0.2, 0.25) is 0 Å². The third-order valence-corrected chi connectivity index (χ3v) is 5.21. The number of aromatic carboxylic acids is 1. The lowest BCUT2D eigenvalue weighted by Gasteiger charge is -2.12. The first-order chi connectivity index (χ1) is 13.4. The van der Waals surface area contributed by atoms with E-state index in [1.54, 1.807) is 24.3 Å². The highest BCUT2D eigenvalue weighted by atomic mass is 32.2. The van der Waals surface area contributed by atoms with Gasteiger partial charge >= 0.3 is 5.97 Å². The minimum atomic E-state index is -4.01. The number of benzene rings is 2. The van der Waals surface area contributed by atoms with Crippen LogP contribution >= 0.6 is 0 Å². The summed E-state index contributed by atoms with van der Waals surface area (Å²) in [5.41, 5.74) is 0.207. The normalized spacial score (nSPS) is 11.0. The summed E-state index contributed by atoms with van der Waals surface area (Å²) < 4.78 is 32.7. The zero-order valence-electron chi connectivity index (χ0n) is 14.5. The van der Waals surface area contributed by atoms with E-state index < -0.39 is 21.9 Å². The summed E-state index contributed by atoms with van der Waals surface area (Å²) in [6.45, 7) is 0.156. The Morgan fingerprint density at radius 3 is 2.32 bits per heavy atom. The van der Waals surface area contributed by atoms with Gasteiger partial charge < -0.3 is 14.8 Å². The van der Waals surface area contributed by atoms with Crippen LogP contribution in [-0.4, -0.2) is 25.4 Å². The Balaban J connectivity index is 1.80. The van der Waals surface area contributed by atoms with Crippen molar-refractivity contribution in [1.29, 1.82) is 0 Å². The first-order valence-electron chi connectivity index (χ1n) is 8.12. The van der Waals surface area contributed by atoms with Gasteiger partial charge in [0.05, 0.1) is 34.5 Å². The molecule has 28 heavy (non-hydrogen) atoms. The number of amides is 1. The topological polar surface area (TPSA) is 126 Å². The van der Waals surface area contributed by atoms with Crippen LogP contribution in [0, 0.1) is 0 Å². The lowest BCUT2D eigenvalue weighted by Crippen LogP contribution is -2.24. The van der Waals surface area contributed by atoms with Crippen molar-refractivity contribution in [3.05, 3.63) is 83.8 Å². The second kappa shape index (κ2) is 7.97. The molecule has 0 spiro atoms. The molecule has 144 valence electrons. The number of carbonyl (C=O) groups is 2. The van der Waals surface area contributed by atoms with E-state index in [-0.39, 0.29) is 28.3 Å². The fourth-order valence-corrected chi connectivity index (χ4v) is 3.51. The van der Waals surface area contributed by atoms with Gasteiger partial charge in [-0.25, -0.2) is 13.2 Å². The van der Waals surface area contributed by atoms with Crippen LogP contribution in [0.25, 0.3) is 0 Å². The summed E-state index contributed by atoms with van der Waals surface area (Å²) in [7, 11) is -4.01. The van der Waals surface area contributed by atoms with Gasteiger partial charge in [-0.05, 0) is 48.5 Å². The smallest absolute Gasteiger partial charge is 0.335 e. The number of carboxylic acid groups (broad SMARTS) is 1. The molecule has 0 aliphatic heterocycles. The van der Waals surface area contributed by atoms with E-state index in [2.05, 4.69) is 10.0 Å². The molecule has 2 aromatic carbocycles. The molecular formula is C19H16N2O6S. The van der Waals surface area contributed by atoms with Gasteiger partial charge in [-0.1, -0.05) is 12.1 Å². The molecule has 0 atom stereocenters. The number of anilines is 1. The molecule has 1 amide bonds. The van der Waals surface area contributed by atoms with Crippen LogP contribution in [0.4, 0.5) is 5.69 Å². The summed E-state index contributed by atoms with van der Waals surface area (Å²) in [5, 5.41) is 11.6. The number of furan rings is 1. The third kappa shape index (κ3) is 4.38. The van der Waals surface area contributed by atoms with Crippen molar-refractivity contribution in [1.82, 2.24) is 5.32 Å². The summed E-state index contributed by atoms with van der Waals surface area (Å²) in [6, 6.07) is 14.3. The molecule has 0 saturated heterocycles. The first kappa shape index (κ1) is 19.2. The quantitative estimate of drug-likeness (QED) is 0.560. The molecule has 1 aromatic heterocycles. The number of sulfonamides is 1. The molecule has 3 aromatic rings. The molecule has 0 saturated carbocycles. The van der Waals surface area contributed by atoms with Crippen LogP contribution in [0.1, 0.15) is 26.5 Å². The first-order valence-corrected chi connectivity index (χ1v) is 9.61. The van der Waals surface area contributed by atoms with Crippen molar-refractivity contribution in [2.75, 3.05) is 4.72 Å². The highest BCUT2D eigenvalue weighted by Crippen LogP contribution is 2.21. The molecule has 9 heteroatoms. The minimum absolute atomic E-state index is 0.0309. The Labute approximate surface area is 160 Å². The van der Waals surface area contributed by atoms with Crippen LogP contribution in [0.15, 0.2) is 76.2 Å². The second-order valence-corrected chi connectivity index (χ2v) is 7.43. The van der Waals surface area contributed by atoms with E-state index in [0.717, 1.165) is 0 Å². The standard InChI is InChI=1S/C19H16N2O6S/c22-18(20-12-14-4-3-11-27-14)16-5-1-2-6-17(16)21-28(25,26)15-9-7-13(8-10-15)19(23)24/h1-11,21H,12H2,(H,20,22)(H,23,24). The molecule has 0 aliphatic carbocycles. The van der Waals surface area contributed by atoms with E-state index in [1.807, 2.05) is 0 Å². The summed E-state index contributed by atoms with van der Waals surface area (Å²) in [6.07, 6.45) is 1.49. The fourth-order valence-electron chi connectivity index (χ4n) is 2.43. The van der Waals surface area contributed by atoms with Gasteiger partial charge in [0.1, 0.15) is 5.76 Å². The molecule has 8 nitrogen and oxygen atoms in total. The van der Waals surface area contributed by atoms with E-state index >= 15 is 0 Å². The van der Waals surface area contributed by atoms with Crippen molar-refractivity contribution in [3.8, 4) is 0 Å². The molecule has 0 radical (unpaired) electrons. The Hall–Kier alpha value is -3.59. The Kier molecular flexibility index (Phi) is 5.46. The highest BCUT2D eigenvalue weighted by Gasteiger charge is 2.19. The largest absolute Gasteiger partial charge is 0.478 e. The minimum Gasteiger partial charge on any atom is -0.478 e. The Bertz CT molecular complexity index is 1090. The number of carbonyl (C=O) groups excluding carboxylic acids is 1. The number of hydrogen-bond donors (Lipinski definition) is 3. The number of para-hydroxylation sites is 1.